The van der Waals surface area contributed by atoms with Crippen molar-refractivity contribution in [1.82, 2.24) is 10.2 Å². The van der Waals surface area contributed by atoms with Crippen LogP contribution in [0.2, 0.25) is 0 Å². The third kappa shape index (κ3) is 5.31. The van der Waals surface area contributed by atoms with Crippen molar-refractivity contribution in [2.24, 2.45) is 0 Å². The third-order valence-corrected chi connectivity index (χ3v) is 5.76. The largest absolute Gasteiger partial charge is 0.337 e. The average molecular weight is 358 g/mol. The number of amides is 2. The van der Waals surface area contributed by atoms with Crippen molar-refractivity contribution in [2.75, 3.05) is 31.5 Å². The van der Waals surface area contributed by atoms with Crippen LogP contribution in [0.4, 0.5) is 10.5 Å². The highest BCUT2D eigenvalue weighted by atomic mass is 32.1. The van der Waals surface area contributed by atoms with E-state index in [-0.39, 0.29) is 6.03 Å². The molecule has 5 heteroatoms. The summed E-state index contributed by atoms with van der Waals surface area (Å²) in [6.45, 7) is 7.90. The number of aryl methyl sites for hydroxylation is 2. The van der Waals surface area contributed by atoms with E-state index in [1.807, 2.05) is 37.3 Å². The van der Waals surface area contributed by atoms with Crippen LogP contribution in [0.15, 0.2) is 35.7 Å². The van der Waals surface area contributed by atoms with E-state index in [2.05, 4.69) is 39.1 Å². The molecule has 2 aromatic rings. The Labute approximate surface area is 154 Å². The van der Waals surface area contributed by atoms with Crippen LogP contribution in [0, 0.1) is 13.8 Å². The summed E-state index contributed by atoms with van der Waals surface area (Å²) in [6.07, 6.45) is 2.44. The Balaban J connectivity index is 1.36. The number of carbonyl (C=O) groups excluding carboxylic acids is 1. The van der Waals surface area contributed by atoms with E-state index in [4.69, 9.17) is 0 Å². The van der Waals surface area contributed by atoms with E-state index in [1.54, 1.807) is 0 Å². The zero-order valence-electron chi connectivity index (χ0n) is 15.0. The second kappa shape index (κ2) is 8.50. The normalized spacial score (nSPS) is 15.9. The molecule has 2 N–H and O–H groups in total. The number of benzene rings is 1. The van der Waals surface area contributed by atoms with Crippen LogP contribution >= 0.6 is 11.3 Å². The van der Waals surface area contributed by atoms with Crippen LogP contribution in [0.3, 0.4) is 0 Å². The highest BCUT2D eigenvalue weighted by Crippen LogP contribution is 2.30. The molecule has 0 spiro atoms. The van der Waals surface area contributed by atoms with E-state index < -0.39 is 0 Å². The topological polar surface area (TPSA) is 44.4 Å². The molecular weight excluding hydrogens is 330 g/mol. The quantitative estimate of drug-likeness (QED) is 0.835. The molecule has 0 aliphatic carbocycles. The van der Waals surface area contributed by atoms with Gasteiger partial charge in [-0.3, -0.25) is 0 Å². The molecule has 1 aromatic carbocycles. The lowest BCUT2D eigenvalue weighted by Gasteiger charge is -2.31. The number of thiophene rings is 1. The maximum absolute atomic E-state index is 12.0. The first-order valence-electron chi connectivity index (χ1n) is 8.99. The number of rotatable bonds is 5. The third-order valence-electron chi connectivity index (χ3n) is 4.73. The number of piperidine rings is 1. The molecule has 0 unspecified atom stereocenters. The molecule has 1 aliphatic heterocycles. The second-order valence-electron chi connectivity index (χ2n) is 6.89. The molecule has 0 atom stereocenters. The number of urea groups is 1. The minimum Gasteiger partial charge on any atom is -0.337 e. The fourth-order valence-corrected chi connectivity index (χ4v) is 4.41. The lowest BCUT2D eigenvalue weighted by atomic mass is 9.95. The first-order chi connectivity index (χ1) is 12.1. The van der Waals surface area contributed by atoms with Gasteiger partial charge in [0.25, 0.3) is 0 Å². The van der Waals surface area contributed by atoms with Gasteiger partial charge in [-0.15, -0.1) is 11.3 Å². The molecule has 2 heterocycles. The maximum Gasteiger partial charge on any atom is 0.319 e. The molecule has 4 nitrogen and oxygen atoms in total. The Bertz CT molecular complexity index is 671. The van der Waals surface area contributed by atoms with E-state index in [1.165, 1.54) is 17.7 Å². The smallest absolute Gasteiger partial charge is 0.319 e. The van der Waals surface area contributed by atoms with Gasteiger partial charge in [0.05, 0.1) is 0 Å². The predicted molar refractivity (Wildman–Crippen MR) is 106 cm³/mol. The lowest BCUT2D eigenvalue weighted by molar-refractivity contribution is 0.212. The number of hydrogen-bond donors (Lipinski definition) is 2. The number of nitrogens with one attached hydrogen (secondary N) is 2. The first kappa shape index (κ1) is 18.0. The van der Waals surface area contributed by atoms with Crippen molar-refractivity contribution in [3.63, 3.8) is 0 Å². The van der Waals surface area contributed by atoms with Gasteiger partial charge >= 0.3 is 6.03 Å². The number of carbonyl (C=O) groups is 1. The fourth-order valence-electron chi connectivity index (χ4n) is 3.51. The maximum atomic E-state index is 12.0. The van der Waals surface area contributed by atoms with Crippen LogP contribution in [0.25, 0.3) is 0 Å². The zero-order valence-corrected chi connectivity index (χ0v) is 15.9. The standard InChI is InChI=1S/C20H27N3OS/c1-15-12-16(2)14-18(13-15)22-20(24)21-7-10-23-8-5-17(6-9-23)19-4-3-11-25-19/h3-4,11-14,17H,5-10H2,1-2H3,(H2,21,22,24). The molecule has 3 rings (SSSR count). The minimum absolute atomic E-state index is 0.126. The molecule has 134 valence electrons. The summed E-state index contributed by atoms with van der Waals surface area (Å²) in [5.74, 6) is 0.720. The highest BCUT2D eigenvalue weighted by molar-refractivity contribution is 7.10. The summed E-state index contributed by atoms with van der Waals surface area (Å²) in [4.78, 5) is 16.0. The molecule has 0 bridgehead atoms. The van der Waals surface area contributed by atoms with Crippen LogP contribution in [0.5, 0.6) is 0 Å². The van der Waals surface area contributed by atoms with Crippen molar-refractivity contribution in [3.8, 4) is 0 Å². The lowest BCUT2D eigenvalue weighted by Crippen LogP contribution is -2.40. The summed E-state index contributed by atoms with van der Waals surface area (Å²) >= 11 is 1.87. The summed E-state index contributed by atoms with van der Waals surface area (Å²) in [5.41, 5.74) is 3.17. The second-order valence-corrected chi connectivity index (χ2v) is 7.87. The van der Waals surface area contributed by atoms with Crippen molar-refractivity contribution in [2.45, 2.75) is 32.6 Å². The van der Waals surface area contributed by atoms with Crippen molar-refractivity contribution in [1.29, 1.82) is 0 Å². The molecule has 0 saturated carbocycles. The zero-order chi connectivity index (χ0) is 17.6. The summed E-state index contributed by atoms with van der Waals surface area (Å²) < 4.78 is 0. The molecular formula is C20H27N3OS. The van der Waals surface area contributed by atoms with Gasteiger partial charge in [0, 0.05) is 23.7 Å². The molecule has 25 heavy (non-hydrogen) atoms. The molecule has 1 saturated heterocycles. The summed E-state index contributed by atoms with van der Waals surface area (Å²) in [6, 6.07) is 10.3. The Morgan fingerprint density at radius 2 is 1.92 bits per heavy atom. The average Bonchev–Trinajstić information content (AvgIpc) is 3.09. The molecule has 2 amide bonds. The van der Waals surface area contributed by atoms with Crippen LogP contribution in [0.1, 0.15) is 34.8 Å². The Kier molecular flexibility index (Phi) is 6.10. The molecule has 1 aromatic heterocycles. The van der Waals surface area contributed by atoms with Crippen LogP contribution in [-0.2, 0) is 0 Å². The number of anilines is 1. The van der Waals surface area contributed by atoms with Gasteiger partial charge in [0.1, 0.15) is 0 Å². The van der Waals surface area contributed by atoms with Gasteiger partial charge in [0.15, 0.2) is 0 Å². The van der Waals surface area contributed by atoms with Gasteiger partial charge < -0.3 is 15.5 Å². The van der Waals surface area contributed by atoms with Crippen LogP contribution in [-0.4, -0.2) is 37.1 Å². The van der Waals surface area contributed by atoms with E-state index in [0.717, 1.165) is 42.4 Å². The highest BCUT2D eigenvalue weighted by Gasteiger charge is 2.20. The van der Waals surface area contributed by atoms with E-state index in [9.17, 15) is 4.79 Å². The fraction of sp³-hybridized carbons (Fsp3) is 0.450. The van der Waals surface area contributed by atoms with Crippen LogP contribution < -0.4 is 10.6 Å². The number of hydrogen-bond acceptors (Lipinski definition) is 3. The minimum atomic E-state index is -0.126. The molecule has 0 radical (unpaired) electrons. The Morgan fingerprint density at radius 3 is 2.56 bits per heavy atom. The molecule has 1 fully saturated rings. The molecule has 1 aliphatic rings. The van der Waals surface area contributed by atoms with Gasteiger partial charge in [-0.1, -0.05) is 12.1 Å². The van der Waals surface area contributed by atoms with E-state index >= 15 is 0 Å². The van der Waals surface area contributed by atoms with Crippen molar-refractivity contribution >= 4 is 23.1 Å². The van der Waals surface area contributed by atoms with Gasteiger partial charge in [-0.2, -0.15) is 0 Å². The van der Waals surface area contributed by atoms with Gasteiger partial charge in [0.2, 0.25) is 0 Å². The number of nitrogens with zero attached hydrogens (tertiary/aromatic N) is 1. The summed E-state index contributed by atoms with van der Waals surface area (Å²) in [7, 11) is 0. The summed E-state index contributed by atoms with van der Waals surface area (Å²) in [5, 5.41) is 8.05. The Hall–Kier alpha value is -1.85. The van der Waals surface area contributed by atoms with Crippen molar-refractivity contribution < 1.29 is 4.79 Å². The van der Waals surface area contributed by atoms with Gasteiger partial charge in [-0.25, -0.2) is 4.79 Å². The first-order valence-corrected chi connectivity index (χ1v) is 9.87. The predicted octanol–water partition coefficient (Wildman–Crippen LogP) is 4.37. The van der Waals surface area contributed by atoms with Gasteiger partial charge in [-0.05, 0) is 80.4 Å². The Morgan fingerprint density at radius 1 is 1.20 bits per heavy atom. The SMILES string of the molecule is Cc1cc(C)cc(NC(=O)NCCN2CCC(c3cccs3)CC2)c1. The van der Waals surface area contributed by atoms with Crippen molar-refractivity contribution in [3.05, 3.63) is 51.7 Å². The van der Waals surface area contributed by atoms with E-state index in [0.29, 0.717) is 6.54 Å². The monoisotopic (exact) mass is 357 g/mol. The number of likely N-dealkylation sites (tertiary alicyclic amines) is 1.